The molecule has 0 saturated carbocycles. The highest BCUT2D eigenvalue weighted by Crippen LogP contribution is 2.28. The Morgan fingerprint density at radius 1 is 1.55 bits per heavy atom. The molecule has 1 N–H and O–H groups in total. The maximum absolute atomic E-state index is 11.4. The Balaban J connectivity index is 2.19. The van der Waals surface area contributed by atoms with E-state index in [0.717, 1.165) is 24.3 Å². The number of nitrogens with zero attached hydrogens (tertiary/aromatic N) is 1. The lowest BCUT2D eigenvalue weighted by molar-refractivity contribution is -0.145. The molecule has 1 heterocycles. The van der Waals surface area contributed by atoms with Crippen LogP contribution in [0.2, 0.25) is 5.02 Å². The van der Waals surface area contributed by atoms with Gasteiger partial charge in [0, 0.05) is 17.1 Å². The van der Waals surface area contributed by atoms with E-state index in [0.29, 0.717) is 23.9 Å². The number of ether oxygens (including phenoxy) is 1. The van der Waals surface area contributed by atoms with Gasteiger partial charge in [0.2, 0.25) is 0 Å². The predicted octanol–water partition coefficient (Wildman–Crippen LogP) is 3.03. The maximum atomic E-state index is 11.4. The zero-order valence-electron chi connectivity index (χ0n) is 11.8. The summed E-state index contributed by atoms with van der Waals surface area (Å²) in [6.45, 7) is 3.44. The van der Waals surface area contributed by atoms with Gasteiger partial charge < -0.3 is 9.84 Å². The van der Waals surface area contributed by atoms with Crippen LogP contribution < -0.4 is 4.74 Å². The summed E-state index contributed by atoms with van der Waals surface area (Å²) in [6.07, 6.45) is 1.71. The van der Waals surface area contributed by atoms with Crippen LogP contribution in [0.4, 0.5) is 0 Å². The third-order valence-electron chi connectivity index (χ3n) is 3.88. The minimum Gasteiger partial charge on any atom is -0.496 e. The van der Waals surface area contributed by atoms with Crippen LogP contribution in [-0.4, -0.2) is 35.7 Å². The number of rotatable bonds is 4. The van der Waals surface area contributed by atoms with Gasteiger partial charge in [0.25, 0.3) is 0 Å². The molecule has 1 aromatic rings. The van der Waals surface area contributed by atoms with E-state index < -0.39 is 12.0 Å². The van der Waals surface area contributed by atoms with Crippen molar-refractivity contribution in [1.29, 1.82) is 0 Å². The van der Waals surface area contributed by atoms with Crippen molar-refractivity contribution in [2.45, 2.75) is 32.4 Å². The van der Waals surface area contributed by atoms with Gasteiger partial charge in [0.1, 0.15) is 11.8 Å². The second kappa shape index (κ2) is 6.46. The number of halogens is 1. The van der Waals surface area contributed by atoms with Crippen molar-refractivity contribution in [1.82, 2.24) is 4.90 Å². The van der Waals surface area contributed by atoms with Crippen molar-refractivity contribution in [3.05, 3.63) is 28.8 Å². The largest absolute Gasteiger partial charge is 0.496 e. The molecule has 1 saturated heterocycles. The van der Waals surface area contributed by atoms with Crippen LogP contribution in [-0.2, 0) is 11.3 Å². The van der Waals surface area contributed by atoms with Crippen LogP contribution in [0.5, 0.6) is 5.75 Å². The Bertz CT molecular complexity index is 492. The number of likely N-dealkylation sites (tertiary alicyclic amines) is 1. The molecule has 1 aliphatic rings. The summed E-state index contributed by atoms with van der Waals surface area (Å²) in [5.41, 5.74) is 0.931. The zero-order chi connectivity index (χ0) is 14.7. The molecular formula is C15H20ClNO3. The van der Waals surface area contributed by atoms with Crippen molar-refractivity contribution >= 4 is 17.6 Å². The van der Waals surface area contributed by atoms with Crippen molar-refractivity contribution in [3.8, 4) is 5.75 Å². The highest BCUT2D eigenvalue weighted by Gasteiger charge is 2.32. The van der Waals surface area contributed by atoms with Crippen LogP contribution in [0.3, 0.4) is 0 Å². The molecule has 20 heavy (non-hydrogen) atoms. The smallest absolute Gasteiger partial charge is 0.320 e. The molecule has 0 radical (unpaired) electrons. The molecule has 2 atom stereocenters. The van der Waals surface area contributed by atoms with E-state index in [-0.39, 0.29) is 0 Å². The first-order chi connectivity index (χ1) is 9.51. The number of piperidine rings is 1. The van der Waals surface area contributed by atoms with E-state index in [9.17, 15) is 9.90 Å². The lowest BCUT2D eigenvalue weighted by Gasteiger charge is -2.36. The monoisotopic (exact) mass is 297 g/mol. The van der Waals surface area contributed by atoms with Gasteiger partial charge in [0.15, 0.2) is 0 Å². The summed E-state index contributed by atoms with van der Waals surface area (Å²) in [5.74, 6) is 0.448. The number of methoxy groups -OCH3 is 1. The quantitative estimate of drug-likeness (QED) is 0.928. The Labute approximate surface area is 124 Å². The second-order valence-corrected chi connectivity index (χ2v) is 5.85. The minimum atomic E-state index is -0.752. The highest BCUT2D eigenvalue weighted by molar-refractivity contribution is 6.30. The average molecular weight is 298 g/mol. The molecule has 5 heteroatoms. The zero-order valence-corrected chi connectivity index (χ0v) is 12.6. The van der Waals surface area contributed by atoms with Crippen molar-refractivity contribution in [2.75, 3.05) is 13.7 Å². The predicted molar refractivity (Wildman–Crippen MR) is 78.2 cm³/mol. The average Bonchev–Trinajstić information content (AvgIpc) is 2.41. The Morgan fingerprint density at radius 3 is 2.95 bits per heavy atom. The molecule has 1 aliphatic heterocycles. The first-order valence-corrected chi connectivity index (χ1v) is 7.18. The van der Waals surface area contributed by atoms with Gasteiger partial charge in [-0.3, -0.25) is 9.69 Å². The van der Waals surface area contributed by atoms with Gasteiger partial charge in [-0.25, -0.2) is 0 Å². The number of hydrogen-bond donors (Lipinski definition) is 1. The lowest BCUT2D eigenvalue weighted by atomic mass is 9.92. The first-order valence-electron chi connectivity index (χ1n) is 6.80. The van der Waals surface area contributed by atoms with Crippen LogP contribution in [0, 0.1) is 5.92 Å². The molecule has 0 amide bonds. The molecule has 0 spiro atoms. The molecule has 0 bridgehead atoms. The van der Waals surface area contributed by atoms with Crippen LogP contribution in [0.25, 0.3) is 0 Å². The number of hydrogen-bond acceptors (Lipinski definition) is 3. The Hall–Kier alpha value is -1.26. The number of carboxylic acids is 1. The Morgan fingerprint density at radius 2 is 2.30 bits per heavy atom. The van der Waals surface area contributed by atoms with Gasteiger partial charge in [-0.05, 0) is 43.5 Å². The minimum absolute atomic E-state index is 0.428. The van der Waals surface area contributed by atoms with Gasteiger partial charge in [0.05, 0.1) is 7.11 Å². The van der Waals surface area contributed by atoms with E-state index >= 15 is 0 Å². The fourth-order valence-corrected chi connectivity index (χ4v) is 2.92. The summed E-state index contributed by atoms with van der Waals surface area (Å²) >= 11 is 6.02. The van der Waals surface area contributed by atoms with Crippen molar-refractivity contribution in [3.63, 3.8) is 0 Å². The van der Waals surface area contributed by atoms with Crippen LogP contribution in [0.15, 0.2) is 18.2 Å². The first kappa shape index (κ1) is 15.1. The number of benzene rings is 1. The number of aliphatic carboxylic acids is 1. The summed E-state index contributed by atoms with van der Waals surface area (Å²) in [7, 11) is 1.61. The van der Waals surface area contributed by atoms with Gasteiger partial charge >= 0.3 is 5.97 Å². The SMILES string of the molecule is COc1ccc(Cl)cc1CN1CCC(C)CC1C(=O)O. The molecule has 1 fully saturated rings. The molecule has 2 unspecified atom stereocenters. The molecule has 4 nitrogen and oxygen atoms in total. The van der Waals surface area contributed by atoms with E-state index in [1.165, 1.54) is 0 Å². The lowest BCUT2D eigenvalue weighted by Crippen LogP contribution is -2.46. The normalized spacial score (nSPS) is 23.6. The molecule has 110 valence electrons. The summed E-state index contributed by atoms with van der Waals surface area (Å²) in [4.78, 5) is 13.4. The number of carbonyl (C=O) groups is 1. The van der Waals surface area contributed by atoms with E-state index in [1.54, 1.807) is 13.2 Å². The van der Waals surface area contributed by atoms with E-state index in [4.69, 9.17) is 16.3 Å². The van der Waals surface area contributed by atoms with Gasteiger partial charge in [-0.15, -0.1) is 0 Å². The third-order valence-corrected chi connectivity index (χ3v) is 4.11. The summed E-state index contributed by atoms with van der Waals surface area (Å²) in [6, 6.07) is 5.01. The number of carboxylic acid groups (broad SMARTS) is 1. The summed E-state index contributed by atoms with van der Waals surface area (Å²) < 4.78 is 5.33. The Kier molecular flexibility index (Phi) is 4.89. The third kappa shape index (κ3) is 3.44. The molecule has 0 aromatic heterocycles. The van der Waals surface area contributed by atoms with Gasteiger partial charge in [-0.1, -0.05) is 18.5 Å². The van der Waals surface area contributed by atoms with Crippen LogP contribution >= 0.6 is 11.6 Å². The molecule has 2 rings (SSSR count). The van der Waals surface area contributed by atoms with Crippen molar-refractivity contribution < 1.29 is 14.6 Å². The molecule has 0 aliphatic carbocycles. The van der Waals surface area contributed by atoms with Crippen LogP contribution in [0.1, 0.15) is 25.3 Å². The summed E-state index contributed by atoms with van der Waals surface area (Å²) in [5, 5.41) is 10.0. The van der Waals surface area contributed by atoms with E-state index in [1.807, 2.05) is 17.0 Å². The molecule has 1 aromatic carbocycles. The standard InChI is InChI=1S/C15H20ClNO3/c1-10-5-6-17(13(7-10)15(18)19)9-11-8-12(16)3-4-14(11)20-2/h3-4,8,10,13H,5-7,9H2,1-2H3,(H,18,19). The second-order valence-electron chi connectivity index (χ2n) is 5.41. The maximum Gasteiger partial charge on any atom is 0.320 e. The molecular weight excluding hydrogens is 278 g/mol. The van der Waals surface area contributed by atoms with Crippen molar-refractivity contribution in [2.24, 2.45) is 5.92 Å². The highest BCUT2D eigenvalue weighted by atomic mass is 35.5. The topological polar surface area (TPSA) is 49.8 Å². The fourth-order valence-electron chi connectivity index (χ4n) is 2.73. The van der Waals surface area contributed by atoms with E-state index in [2.05, 4.69) is 6.92 Å². The fraction of sp³-hybridized carbons (Fsp3) is 0.533. The van der Waals surface area contributed by atoms with Gasteiger partial charge in [-0.2, -0.15) is 0 Å².